The fourth-order valence-corrected chi connectivity index (χ4v) is 3.03. The molecule has 1 aliphatic rings. The molecule has 1 heterocycles. The van der Waals surface area contributed by atoms with Crippen molar-refractivity contribution in [1.29, 1.82) is 0 Å². The molecule has 1 aliphatic heterocycles. The molecule has 0 radical (unpaired) electrons. The van der Waals surface area contributed by atoms with Crippen molar-refractivity contribution < 1.29 is 14.6 Å². The van der Waals surface area contributed by atoms with Gasteiger partial charge in [-0.15, -0.1) is 0 Å². The van der Waals surface area contributed by atoms with E-state index >= 15 is 0 Å². The minimum absolute atomic E-state index is 0.00927. The molecule has 6 heteroatoms. The summed E-state index contributed by atoms with van der Waals surface area (Å²) in [5.41, 5.74) is 1.09. The molecule has 1 atom stereocenters. The molecule has 146 valence electrons. The largest absolute Gasteiger partial charge is 0.493 e. The van der Waals surface area contributed by atoms with Crippen molar-refractivity contribution in [2.24, 2.45) is 16.3 Å². The zero-order valence-corrected chi connectivity index (χ0v) is 16.3. The number of benzene rings is 1. The number of aliphatic hydroxyl groups is 1. The number of hydrogen-bond acceptors (Lipinski definition) is 4. The van der Waals surface area contributed by atoms with E-state index in [1.807, 2.05) is 18.2 Å². The van der Waals surface area contributed by atoms with Crippen LogP contribution in [0.25, 0.3) is 0 Å². The van der Waals surface area contributed by atoms with Gasteiger partial charge in [-0.1, -0.05) is 32.0 Å². The maximum absolute atomic E-state index is 9.34. The monoisotopic (exact) mass is 363 g/mol. The molecule has 6 nitrogen and oxygen atoms in total. The van der Waals surface area contributed by atoms with E-state index in [-0.39, 0.29) is 12.0 Å². The summed E-state index contributed by atoms with van der Waals surface area (Å²) in [6.45, 7) is 7.97. The van der Waals surface area contributed by atoms with Gasteiger partial charge in [-0.2, -0.15) is 0 Å². The third-order valence-electron chi connectivity index (χ3n) is 4.67. The van der Waals surface area contributed by atoms with E-state index in [1.54, 1.807) is 7.05 Å². The number of nitrogens with one attached hydrogen (secondary N) is 2. The number of aliphatic hydroxyl groups excluding tert-OH is 1. The summed E-state index contributed by atoms with van der Waals surface area (Å²) >= 11 is 0. The smallest absolute Gasteiger partial charge is 0.191 e. The van der Waals surface area contributed by atoms with Gasteiger partial charge in [0.25, 0.3) is 0 Å². The molecule has 0 aliphatic carbocycles. The predicted molar refractivity (Wildman–Crippen MR) is 105 cm³/mol. The van der Waals surface area contributed by atoms with Crippen LogP contribution in [-0.4, -0.2) is 51.1 Å². The summed E-state index contributed by atoms with van der Waals surface area (Å²) in [7, 11) is 1.76. The van der Waals surface area contributed by atoms with Crippen LogP contribution < -0.4 is 15.4 Å². The number of nitrogens with zero attached hydrogens (tertiary/aromatic N) is 1. The van der Waals surface area contributed by atoms with Gasteiger partial charge in [0.05, 0.1) is 13.2 Å². The Hall–Kier alpha value is -1.79. The van der Waals surface area contributed by atoms with Crippen LogP contribution in [-0.2, 0) is 11.3 Å². The summed E-state index contributed by atoms with van der Waals surface area (Å²) in [5.74, 6) is 2.14. The first kappa shape index (κ1) is 20.5. The minimum Gasteiger partial charge on any atom is -0.493 e. The Morgan fingerprint density at radius 1 is 1.35 bits per heavy atom. The van der Waals surface area contributed by atoms with Gasteiger partial charge in [0.15, 0.2) is 5.96 Å². The van der Waals surface area contributed by atoms with Crippen LogP contribution >= 0.6 is 0 Å². The summed E-state index contributed by atoms with van der Waals surface area (Å²) in [4.78, 5) is 4.31. The lowest BCUT2D eigenvalue weighted by molar-refractivity contribution is 0.127. The molecule has 3 N–H and O–H groups in total. The second-order valence-electron chi connectivity index (χ2n) is 7.37. The molecule has 1 saturated heterocycles. The lowest BCUT2D eigenvalue weighted by atomic mass is 9.84. The van der Waals surface area contributed by atoms with Crippen molar-refractivity contribution in [2.45, 2.75) is 33.2 Å². The fraction of sp³-hybridized carbons (Fsp3) is 0.650. The molecule has 0 bridgehead atoms. The standard InChI is InChI=1S/C20H33N3O3/c1-16(2)13-26-18-7-5-4-6-17(18)12-22-19(21-3)23-14-20(8-10-24)9-11-25-15-20/h4-7,16,24H,8-15H2,1-3H3,(H2,21,22,23). The van der Waals surface area contributed by atoms with Crippen LogP contribution in [0, 0.1) is 11.3 Å². The predicted octanol–water partition coefficient (Wildman–Crippen LogP) is 2.18. The summed E-state index contributed by atoms with van der Waals surface area (Å²) in [6, 6.07) is 8.07. The van der Waals surface area contributed by atoms with Gasteiger partial charge in [-0.3, -0.25) is 4.99 Å². The Bertz CT molecular complexity index is 569. The van der Waals surface area contributed by atoms with Gasteiger partial charge in [0.1, 0.15) is 5.75 Å². The van der Waals surface area contributed by atoms with Crippen LogP contribution in [0.15, 0.2) is 29.3 Å². The van der Waals surface area contributed by atoms with Crippen molar-refractivity contribution in [3.05, 3.63) is 29.8 Å². The maximum atomic E-state index is 9.34. The molecule has 0 amide bonds. The summed E-state index contributed by atoms with van der Waals surface area (Å²) in [5, 5.41) is 16.1. The fourth-order valence-electron chi connectivity index (χ4n) is 3.03. The highest BCUT2D eigenvalue weighted by Crippen LogP contribution is 2.31. The first-order valence-corrected chi connectivity index (χ1v) is 9.42. The van der Waals surface area contributed by atoms with Gasteiger partial charge < -0.3 is 25.2 Å². The summed E-state index contributed by atoms with van der Waals surface area (Å²) < 4.78 is 11.5. The quantitative estimate of drug-likeness (QED) is 0.463. The second-order valence-corrected chi connectivity index (χ2v) is 7.37. The molecule has 0 spiro atoms. The van der Waals surface area contributed by atoms with Crippen molar-refractivity contribution in [2.75, 3.05) is 40.0 Å². The molecule has 1 unspecified atom stereocenters. The Morgan fingerprint density at radius 3 is 2.81 bits per heavy atom. The number of guanidine groups is 1. The van der Waals surface area contributed by atoms with E-state index < -0.39 is 0 Å². The van der Waals surface area contributed by atoms with Crippen LogP contribution in [0.4, 0.5) is 0 Å². The molecule has 1 fully saturated rings. The number of ether oxygens (including phenoxy) is 2. The van der Waals surface area contributed by atoms with Gasteiger partial charge in [0, 0.05) is 44.3 Å². The van der Waals surface area contributed by atoms with Crippen molar-refractivity contribution in [3.8, 4) is 5.75 Å². The molecule has 1 aromatic rings. The highest BCUT2D eigenvalue weighted by Gasteiger charge is 2.34. The number of hydrogen-bond donors (Lipinski definition) is 3. The molecule has 1 aromatic carbocycles. The SMILES string of the molecule is CN=C(NCc1ccccc1OCC(C)C)NCC1(CCO)CCOC1. The highest BCUT2D eigenvalue weighted by atomic mass is 16.5. The van der Waals surface area contributed by atoms with Crippen LogP contribution in [0.1, 0.15) is 32.3 Å². The Morgan fingerprint density at radius 2 is 2.15 bits per heavy atom. The van der Waals surface area contributed by atoms with E-state index in [0.717, 1.165) is 43.3 Å². The molecule has 26 heavy (non-hydrogen) atoms. The normalized spacial score (nSPS) is 20.4. The van der Waals surface area contributed by atoms with Crippen molar-refractivity contribution >= 4 is 5.96 Å². The third-order valence-corrected chi connectivity index (χ3v) is 4.67. The highest BCUT2D eigenvalue weighted by molar-refractivity contribution is 5.79. The van der Waals surface area contributed by atoms with Gasteiger partial charge in [-0.25, -0.2) is 0 Å². The molecular formula is C20H33N3O3. The third kappa shape index (κ3) is 6.18. The van der Waals surface area contributed by atoms with E-state index in [0.29, 0.717) is 25.7 Å². The minimum atomic E-state index is -0.00927. The molecule has 0 aromatic heterocycles. The van der Waals surface area contributed by atoms with Gasteiger partial charge in [0.2, 0.25) is 0 Å². The van der Waals surface area contributed by atoms with Crippen LogP contribution in [0.3, 0.4) is 0 Å². The maximum Gasteiger partial charge on any atom is 0.191 e. The Labute approximate surface area is 157 Å². The molecule has 2 rings (SSSR count). The van der Waals surface area contributed by atoms with E-state index in [1.165, 1.54) is 0 Å². The van der Waals surface area contributed by atoms with Crippen LogP contribution in [0.5, 0.6) is 5.75 Å². The van der Waals surface area contributed by atoms with E-state index in [4.69, 9.17) is 9.47 Å². The molecular weight excluding hydrogens is 330 g/mol. The number of para-hydroxylation sites is 1. The van der Waals surface area contributed by atoms with Crippen molar-refractivity contribution in [1.82, 2.24) is 10.6 Å². The Kier molecular flexibility index (Phi) is 8.19. The zero-order chi connectivity index (χ0) is 18.8. The average molecular weight is 364 g/mol. The van der Waals surface area contributed by atoms with Gasteiger partial charge >= 0.3 is 0 Å². The van der Waals surface area contributed by atoms with E-state index in [2.05, 4.69) is 35.5 Å². The Balaban J connectivity index is 1.89. The van der Waals surface area contributed by atoms with Gasteiger partial charge in [-0.05, 0) is 24.8 Å². The first-order chi connectivity index (χ1) is 12.6. The second kappa shape index (κ2) is 10.4. The first-order valence-electron chi connectivity index (χ1n) is 9.42. The lowest BCUT2D eigenvalue weighted by Crippen LogP contribution is -2.44. The van der Waals surface area contributed by atoms with Crippen molar-refractivity contribution in [3.63, 3.8) is 0 Å². The number of aliphatic imine (C=N–C) groups is 1. The lowest BCUT2D eigenvalue weighted by Gasteiger charge is -2.27. The summed E-state index contributed by atoms with van der Waals surface area (Å²) in [6.07, 6.45) is 1.70. The van der Waals surface area contributed by atoms with E-state index in [9.17, 15) is 5.11 Å². The average Bonchev–Trinajstić information content (AvgIpc) is 3.10. The zero-order valence-electron chi connectivity index (χ0n) is 16.3. The topological polar surface area (TPSA) is 75.1 Å². The number of rotatable bonds is 9. The van der Waals surface area contributed by atoms with Crippen LogP contribution in [0.2, 0.25) is 0 Å². The molecule has 0 saturated carbocycles.